The summed E-state index contributed by atoms with van der Waals surface area (Å²) in [7, 11) is 2.15. The van der Waals surface area contributed by atoms with E-state index < -0.39 is 0 Å². The molecule has 0 aliphatic carbocycles. The lowest BCUT2D eigenvalue weighted by molar-refractivity contribution is 1.01. The standard InChI is InChI=1S/C37H26N2/c1-38-34-15-9-8-14-30(34)33-24-29(18-21-35(33)38)39-36-19-16-27(25-10-4-2-5-11-25)22-31(36)32-23-28(17-20-37(32)39)26-12-6-3-7-13-26/h2-24H,1H3. The molecule has 0 aliphatic heterocycles. The predicted molar refractivity (Wildman–Crippen MR) is 166 cm³/mol. The van der Waals surface area contributed by atoms with Crippen LogP contribution in [0.1, 0.15) is 0 Å². The minimum absolute atomic E-state index is 1.18. The summed E-state index contributed by atoms with van der Waals surface area (Å²) in [4.78, 5) is 0. The van der Waals surface area contributed by atoms with E-state index >= 15 is 0 Å². The molecular formula is C37H26N2. The number of aryl methyl sites for hydroxylation is 1. The molecule has 0 amide bonds. The Bertz CT molecular complexity index is 2070. The van der Waals surface area contributed by atoms with Crippen LogP contribution in [0.2, 0.25) is 0 Å². The maximum Gasteiger partial charge on any atom is 0.0541 e. The van der Waals surface area contributed by atoms with Gasteiger partial charge in [-0.2, -0.15) is 0 Å². The average Bonchev–Trinajstić information content (AvgIpc) is 3.49. The topological polar surface area (TPSA) is 9.86 Å². The Kier molecular flexibility index (Phi) is 4.77. The van der Waals surface area contributed by atoms with E-state index in [4.69, 9.17) is 0 Å². The Hall–Kier alpha value is -5.08. The highest BCUT2D eigenvalue weighted by molar-refractivity contribution is 6.13. The van der Waals surface area contributed by atoms with Crippen LogP contribution in [0.4, 0.5) is 0 Å². The molecule has 6 aromatic carbocycles. The van der Waals surface area contributed by atoms with Gasteiger partial charge < -0.3 is 9.13 Å². The van der Waals surface area contributed by atoms with Crippen LogP contribution in [0, 0.1) is 0 Å². The molecule has 0 bridgehead atoms. The molecule has 2 aromatic heterocycles. The number of hydrogen-bond acceptors (Lipinski definition) is 0. The highest BCUT2D eigenvalue weighted by atomic mass is 15.0. The van der Waals surface area contributed by atoms with Crippen molar-refractivity contribution >= 4 is 43.6 Å². The van der Waals surface area contributed by atoms with Gasteiger partial charge in [0.2, 0.25) is 0 Å². The highest BCUT2D eigenvalue weighted by Gasteiger charge is 2.16. The van der Waals surface area contributed by atoms with E-state index in [9.17, 15) is 0 Å². The summed E-state index contributed by atoms with van der Waals surface area (Å²) in [6, 6.07) is 50.6. The van der Waals surface area contributed by atoms with Crippen molar-refractivity contribution in [3.63, 3.8) is 0 Å². The largest absolute Gasteiger partial charge is 0.344 e. The molecule has 39 heavy (non-hydrogen) atoms. The van der Waals surface area contributed by atoms with E-state index in [1.807, 2.05) is 0 Å². The van der Waals surface area contributed by atoms with E-state index in [1.165, 1.54) is 71.6 Å². The van der Waals surface area contributed by atoms with Gasteiger partial charge in [-0.3, -0.25) is 0 Å². The lowest BCUT2D eigenvalue weighted by atomic mass is 10.0. The van der Waals surface area contributed by atoms with Gasteiger partial charge in [0, 0.05) is 45.3 Å². The van der Waals surface area contributed by atoms with Crippen molar-refractivity contribution in [3.8, 4) is 27.9 Å². The third kappa shape index (κ3) is 3.35. The van der Waals surface area contributed by atoms with Crippen LogP contribution in [0.3, 0.4) is 0 Å². The second kappa shape index (κ2) is 8.47. The summed E-state index contributed by atoms with van der Waals surface area (Å²) in [6.45, 7) is 0. The summed E-state index contributed by atoms with van der Waals surface area (Å²) in [5.41, 5.74) is 11.1. The average molecular weight is 499 g/mol. The Morgan fingerprint density at radius 1 is 0.359 bits per heavy atom. The first kappa shape index (κ1) is 22.0. The van der Waals surface area contributed by atoms with Gasteiger partial charge in [-0.25, -0.2) is 0 Å². The molecule has 184 valence electrons. The summed E-state index contributed by atoms with van der Waals surface area (Å²) in [5.74, 6) is 0. The molecule has 2 heterocycles. The minimum atomic E-state index is 1.18. The SMILES string of the molecule is Cn1c2ccccc2c2cc(-n3c4ccc(-c5ccccc5)cc4c4cc(-c5ccccc5)ccc43)ccc21. The normalized spacial score (nSPS) is 11.7. The molecule has 0 spiro atoms. The van der Waals surface area contributed by atoms with Crippen LogP contribution < -0.4 is 0 Å². The first-order valence-electron chi connectivity index (χ1n) is 13.4. The lowest BCUT2D eigenvalue weighted by Gasteiger charge is -2.10. The second-order valence-corrected chi connectivity index (χ2v) is 10.3. The van der Waals surface area contributed by atoms with Crippen LogP contribution >= 0.6 is 0 Å². The van der Waals surface area contributed by atoms with Gasteiger partial charge in [0.1, 0.15) is 0 Å². The fourth-order valence-electron chi connectivity index (χ4n) is 6.22. The Morgan fingerprint density at radius 2 is 0.846 bits per heavy atom. The fraction of sp³-hybridized carbons (Fsp3) is 0.0270. The summed E-state index contributed by atoms with van der Waals surface area (Å²) < 4.78 is 4.72. The molecule has 0 saturated carbocycles. The molecule has 0 saturated heterocycles. The monoisotopic (exact) mass is 498 g/mol. The number of rotatable bonds is 3. The van der Waals surface area contributed by atoms with Gasteiger partial charge in [-0.05, 0) is 70.8 Å². The van der Waals surface area contributed by atoms with E-state index in [-0.39, 0.29) is 0 Å². The molecule has 0 radical (unpaired) electrons. The second-order valence-electron chi connectivity index (χ2n) is 10.3. The lowest BCUT2D eigenvalue weighted by Crippen LogP contribution is -1.94. The Labute approximate surface area is 227 Å². The van der Waals surface area contributed by atoms with Gasteiger partial charge in [0.15, 0.2) is 0 Å². The molecule has 0 N–H and O–H groups in total. The summed E-state index contributed by atoms with van der Waals surface area (Å²) in [6.07, 6.45) is 0. The fourth-order valence-corrected chi connectivity index (χ4v) is 6.22. The molecular weight excluding hydrogens is 472 g/mol. The van der Waals surface area contributed by atoms with E-state index in [0.717, 1.165) is 0 Å². The Morgan fingerprint density at radius 3 is 1.46 bits per heavy atom. The van der Waals surface area contributed by atoms with Gasteiger partial charge in [0.25, 0.3) is 0 Å². The van der Waals surface area contributed by atoms with Crippen LogP contribution in [-0.4, -0.2) is 9.13 Å². The first-order chi connectivity index (χ1) is 19.3. The number of fused-ring (bicyclic) bond motifs is 6. The maximum atomic E-state index is 2.43. The van der Waals surface area contributed by atoms with Crippen molar-refractivity contribution in [1.82, 2.24) is 9.13 Å². The van der Waals surface area contributed by atoms with Crippen molar-refractivity contribution < 1.29 is 0 Å². The number of benzene rings is 6. The van der Waals surface area contributed by atoms with Crippen molar-refractivity contribution in [2.45, 2.75) is 0 Å². The molecule has 8 aromatic rings. The summed E-state index contributed by atoms with van der Waals surface area (Å²) in [5, 5.41) is 5.10. The number of hydrogen-bond donors (Lipinski definition) is 0. The van der Waals surface area contributed by atoms with Gasteiger partial charge in [-0.15, -0.1) is 0 Å². The molecule has 8 rings (SSSR count). The molecule has 0 atom stereocenters. The minimum Gasteiger partial charge on any atom is -0.344 e. The predicted octanol–water partition coefficient (Wildman–Crippen LogP) is 9.76. The number of para-hydroxylation sites is 1. The molecule has 0 fully saturated rings. The third-order valence-electron chi connectivity index (χ3n) is 8.13. The molecule has 0 unspecified atom stereocenters. The maximum absolute atomic E-state index is 2.43. The van der Waals surface area contributed by atoms with Gasteiger partial charge >= 0.3 is 0 Å². The van der Waals surface area contributed by atoms with Crippen molar-refractivity contribution in [2.75, 3.05) is 0 Å². The zero-order chi connectivity index (χ0) is 25.9. The highest BCUT2D eigenvalue weighted by Crippen LogP contribution is 2.38. The Balaban J connectivity index is 1.43. The first-order valence-corrected chi connectivity index (χ1v) is 13.4. The van der Waals surface area contributed by atoms with E-state index in [1.54, 1.807) is 0 Å². The number of aromatic nitrogens is 2. The van der Waals surface area contributed by atoms with Crippen molar-refractivity contribution in [2.24, 2.45) is 7.05 Å². The molecule has 2 nitrogen and oxygen atoms in total. The third-order valence-corrected chi connectivity index (χ3v) is 8.13. The van der Waals surface area contributed by atoms with Crippen molar-refractivity contribution in [3.05, 3.63) is 140 Å². The van der Waals surface area contributed by atoms with Crippen LogP contribution in [0.5, 0.6) is 0 Å². The van der Waals surface area contributed by atoms with Crippen LogP contribution in [0.25, 0.3) is 71.6 Å². The zero-order valence-corrected chi connectivity index (χ0v) is 21.7. The van der Waals surface area contributed by atoms with Gasteiger partial charge in [0.05, 0.1) is 11.0 Å². The quantitative estimate of drug-likeness (QED) is 0.229. The van der Waals surface area contributed by atoms with Crippen molar-refractivity contribution in [1.29, 1.82) is 0 Å². The van der Waals surface area contributed by atoms with E-state index in [2.05, 4.69) is 156 Å². The molecule has 2 heteroatoms. The smallest absolute Gasteiger partial charge is 0.0541 e. The molecule has 0 aliphatic rings. The summed E-state index contributed by atoms with van der Waals surface area (Å²) >= 11 is 0. The zero-order valence-electron chi connectivity index (χ0n) is 21.7. The van der Waals surface area contributed by atoms with Crippen LogP contribution in [0.15, 0.2) is 140 Å². The van der Waals surface area contributed by atoms with E-state index in [0.29, 0.717) is 0 Å². The van der Waals surface area contributed by atoms with Crippen LogP contribution in [-0.2, 0) is 7.05 Å². The van der Waals surface area contributed by atoms with Gasteiger partial charge in [-0.1, -0.05) is 91.0 Å². The number of nitrogens with zero attached hydrogens (tertiary/aromatic N) is 2.